The molecule has 0 amide bonds. The molecule has 140 valence electrons. The van der Waals surface area contributed by atoms with Crippen LogP contribution >= 0.6 is 0 Å². The van der Waals surface area contributed by atoms with Crippen molar-refractivity contribution in [1.29, 1.82) is 0 Å². The summed E-state index contributed by atoms with van der Waals surface area (Å²) in [5.74, 6) is 0.467. The molecule has 0 aliphatic heterocycles. The van der Waals surface area contributed by atoms with Crippen LogP contribution in [0, 0.1) is 5.21 Å². The van der Waals surface area contributed by atoms with Crippen LogP contribution in [0.3, 0.4) is 0 Å². The lowest BCUT2D eigenvalue weighted by atomic mass is 10.1. The Labute approximate surface area is 158 Å². The standard InChI is InChI=1S/C22H24N2O3/c1-15(2)7-4-8-16(3)13-14-27-20-12-6-10-18-21(20)23-17-9-5-11-19(25)22(17)24(18)26/h5-7,9-13,25H,4,8,14H2,1-3H3/b16-13+. The first-order chi connectivity index (χ1) is 13.0. The van der Waals surface area contributed by atoms with E-state index in [1.165, 1.54) is 17.2 Å². The van der Waals surface area contributed by atoms with Gasteiger partial charge in [-0.3, -0.25) is 0 Å². The van der Waals surface area contributed by atoms with Crippen molar-refractivity contribution in [3.8, 4) is 11.5 Å². The van der Waals surface area contributed by atoms with Gasteiger partial charge < -0.3 is 15.1 Å². The predicted octanol–water partition coefficient (Wildman–Crippen LogP) is 4.80. The average Bonchev–Trinajstić information content (AvgIpc) is 2.62. The quantitative estimate of drug-likeness (QED) is 0.295. The number of benzene rings is 2. The molecule has 0 aliphatic rings. The molecule has 0 radical (unpaired) electrons. The van der Waals surface area contributed by atoms with Crippen molar-refractivity contribution in [2.45, 2.75) is 33.6 Å². The number of fused-ring (bicyclic) bond motifs is 2. The van der Waals surface area contributed by atoms with E-state index >= 15 is 0 Å². The molecule has 1 aromatic heterocycles. The summed E-state index contributed by atoms with van der Waals surface area (Å²) in [4.78, 5) is 4.53. The summed E-state index contributed by atoms with van der Waals surface area (Å²) < 4.78 is 6.59. The molecule has 0 saturated carbocycles. The Hall–Kier alpha value is -3.08. The molecule has 27 heavy (non-hydrogen) atoms. The van der Waals surface area contributed by atoms with Crippen molar-refractivity contribution in [3.05, 3.63) is 64.9 Å². The van der Waals surface area contributed by atoms with Crippen molar-refractivity contribution < 1.29 is 14.6 Å². The third kappa shape index (κ3) is 4.19. The van der Waals surface area contributed by atoms with Crippen LogP contribution in [0.4, 0.5) is 0 Å². The molecule has 0 atom stereocenters. The van der Waals surface area contributed by atoms with Crippen LogP contribution in [-0.4, -0.2) is 16.7 Å². The Morgan fingerprint density at radius 3 is 2.70 bits per heavy atom. The molecule has 2 aromatic carbocycles. The summed E-state index contributed by atoms with van der Waals surface area (Å²) in [6.07, 6.45) is 6.29. The molecule has 3 aromatic rings. The maximum Gasteiger partial charge on any atom is 0.285 e. The second kappa shape index (κ2) is 8.08. The van der Waals surface area contributed by atoms with E-state index in [-0.39, 0.29) is 11.3 Å². The summed E-state index contributed by atoms with van der Waals surface area (Å²) in [5.41, 5.74) is 4.03. The molecule has 0 unspecified atom stereocenters. The number of hydrogen-bond acceptors (Lipinski definition) is 4. The summed E-state index contributed by atoms with van der Waals surface area (Å²) in [7, 11) is 0. The molecule has 0 bridgehead atoms. The van der Waals surface area contributed by atoms with E-state index < -0.39 is 0 Å². The first kappa shape index (κ1) is 18.7. The Bertz CT molecular complexity index is 1030. The molecule has 3 rings (SSSR count). The highest BCUT2D eigenvalue weighted by atomic mass is 16.5. The number of nitrogens with zero attached hydrogens (tertiary/aromatic N) is 2. The van der Waals surface area contributed by atoms with Crippen LogP contribution in [-0.2, 0) is 0 Å². The van der Waals surface area contributed by atoms with Crippen LogP contribution in [0.2, 0.25) is 0 Å². The van der Waals surface area contributed by atoms with Crippen LogP contribution in [0.25, 0.3) is 22.1 Å². The normalized spacial score (nSPS) is 11.7. The van der Waals surface area contributed by atoms with Crippen molar-refractivity contribution in [3.63, 3.8) is 0 Å². The number of rotatable bonds is 6. The Morgan fingerprint density at radius 1 is 1.15 bits per heavy atom. The largest absolute Gasteiger partial charge is 0.618 e. The molecule has 1 heterocycles. The van der Waals surface area contributed by atoms with Crippen molar-refractivity contribution in [2.24, 2.45) is 0 Å². The predicted molar refractivity (Wildman–Crippen MR) is 108 cm³/mol. The summed E-state index contributed by atoms with van der Waals surface area (Å²) in [5, 5.41) is 22.6. The average molecular weight is 364 g/mol. The Kier molecular flexibility index (Phi) is 5.60. The first-order valence-electron chi connectivity index (χ1n) is 9.03. The fourth-order valence-corrected chi connectivity index (χ4v) is 2.93. The van der Waals surface area contributed by atoms with E-state index in [4.69, 9.17) is 4.74 Å². The maximum atomic E-state index is 12.7. The second-order valence-corrected chi connectivity index (χ2v) is 6.86. The lowest BCUT2D eigenvalue weighted by Gasteiger charge is -2.10. The highest BCUT2D eigenvalue weighted by molar-refractivity contribution is 5.87. The van der Waals surface area contributed by atoms with E-state index in [0.717, 1.165) is 12.8 Å². The van der Waals surface area contributed by atoms with Crippen molar-refractivity contribution >= 4 is 22.1 Å². The van der Waals surface area contributed by atoms with Gasteiger partial charge in [0, 0.05) is 6.07 Å². The van der Waals surface area contributed by atoms with Gasteiger partial charge in [0.15, 0.2) is 17.0 Å². The van der Waals surface area contributed by atoms with E-state index in [9.17, 15) is 10.3 Å². The Balaban J connectivity index is 1.85. The summed E-state index contributed by atoms with van der Waals surface area (Å²) >= 11 is 0. The van der Waals surface area contributed by atoms with Gasteiger partial charge in [0.05, 0.1) is 0 Å². The molecule has 0 spiro atoms. The van der Waals surface area contributed by atoms with Gasteiger partial charge in [-0.2, -0.15) is 4.73 Å². The van der Waals surface area contributed by atoms with Crippen molar-refractivity contribution in [1.82, 2.24) is 4.98 Å². The van der Waals surface area contributed by atoms with Gasteiger partial charge in [-0.05, 0) is 57.9 Å². The van der Waals surface area contributed by atoms with Gasteiger partial charge in [0.1, 0.15) is 12.1 Å². The zero-order valence-corrected chi connectivity index (χ0v) is 15.9. The number of aromatic hydroxyl groups is 1. The van der Waals surface area contributed by atoms with Crippen LogP contribution in [0.1, 0.15) is 33.6 Å². The third-order valence-corrected chi connectivity index (χ3v) is 4.39. The molecule has 5 heteroatoms. The van der Waals surface area contributed by atoms with E-state index in [1.807, 2.05) is 0 Å². The number of aromatic nitrogens is 2. The Morgan fingerprint density at radius 2 is 1.93 bits per heavy atom. The fourth-order valence-electron chi connectivity index (χ4n) is 2.93. The van der Waals surface area contributed by atoms with Gasteiger partial charge in [0.25, 0.3) is 5.52 Å². The minimum atomic E-state index is -0.0851. The smallest absolute Gasteiger partial charge is 0.285 e. The maximum absolute atomic E-state index is 12.7. The van der Waals surface area contributed by atoms with Crippen LogP contribution in [0.5, 0.6) is 11.5 Å². The zero-order valence-electron chi connectivity index (χ0n) is 15.9. The van der Waals surface area contributed by atoms with Gasteiger partial charge in [-0.1, -0.05) is 29.4 Å². The van der Waals surface area contributed by atoms with Crippen LogP contribution in [0.15, 0.2) is 59.7 Å². The molecular formula is C22H24N2O3. The minimum absolute atomic E-state index is 0.0851. The number of phenols is 1. The zero-order chi connectivity index (χ0) is 19.4. The number of hydrogen-bond donors (Lipinski definition) is 1. The monoisotopic (exact) mass is 364 g/mol. The highest BCUT2D eigenvalue weighted by Gasteiger charge is 2.18. The minimum Gasteiger partial charge on any atom is -0.618 e. The molecular weight excluding hydrogens is 340 g/mol. The molecule has 0 saturated heterocycles. The van der Waals surface area contributed by atoms with Gasteiger partial charge in [-0.15, -0.1) is 0 Å². The number of ether oxygens (including phenoxy) is 1. The summed E-state index contributed by atoms with van der Waals surface area (Å²) in [6, 6.07) is 10.1. The highest BCUT2D eigenvalue weighted by Crippen LogP contribution is 2.27. The molecule has 1 N–H and O–H groups in total. The van der Waals surface area contributed by atoms with E-state index in [2.05, 4.69) is 37.9 Å². The van der Waals surface area contributed by atoms with Gasteiger partial charge in [-0.25, -0.2) is 4.98 Å². The van der Waals surface area contributed by atoms with E-state index in [1.54, 1.807) is 30.3 Å². The van der Waals surface area contributed by atoms with Crippen molar-refractivity contribution in [2.75, 3.05) is 6.61 Å². The lowest BCUT2D eigenvalue weighted by Crippen LogP contribution is -2.29. The first-order valence-corrected chi connectivity index (χ1v) is 9.03. The summed E-state index contributed by atoms with van der Waals surface area (Å²) in [6.45, 7) is 6.70. The van der Waals surface area contributed by atoms with Gasteiger partial charge >= 0.3 is 0 Å². The number of allylic oxidation sites excluding steroid dienone is 3. The number of para-hydroxylation sites is 2. The molecule has 0 aliphatic carbocycles. The molecule has 0 fully saturated rings. The van der Waals surface area contributed by atoms with Gasteiger partial charge in [0.2, 0.25) is 5.52 Å². The lowest BCUT2D eigenvalue weighted by molar-refractivity contribution is -0.548. The third-order valence-electron chi connectivity index (χ3n) is 4.39. The SMILES string of the molecule is CC(C)=CCC/C(C)=C/COc1cccc2c1nc1cccc(O)c1[n+]2[O-]. The fraction of sp³-hybridized carbons (Fsp3) is 0.273. The topological polar surface area (TPSA) is 69.3 Å². The molecule has 5 nitrogen and oxygen atoms in total. The van der Waals surface area contributed by atoms with E-state index in [0.29, 0.717) is 33.6 Å². The number of phenolic OH excluding ortho intramolecular Hbond substituents is 1. The second-order valence-electron chi connectivity index (χ2n) is 6.86. The van der Waals surface area contributed by atoms with Crippen LogP contribution < -0.4 is 9.47 Å².